The van der Waals surface area contributed by atoms with E-state index in [2.05, 4.69) is 10.3 Å². The van der Waals surface area contributed by atoms with E-state index in [4.69, 9.17) is 23.2 Å². The molecule has 0 radical (unpaired) electrons. The van der Waals surface area contributed by atoms with Crippen LogP contribution in [0.5, 0.6) is 5.75 Å². The van der Waals surface area contributed by atoms with E-state index in [9.17, 15) is 23.1 Å². The Labute approximate surface area is 198 Å². The van der Waals surface area contributed by atoms with Gasteiger partial charge in [-0.15, -0.1) is 11.3 Å². The average molecular weight is 515 g/mol. The minimum absolute atomic E-state index is 0.0526. The fraction of sp³-hybridized carbons (Fsp3) is 0.0476. The Kier molecular flexibility index (Phi) is 6.26. The van der Waals surface area contributed by atoms with Gasteiger partial charge in [0.05, 0.1) is 26.4 Å². The SMILES string of the molecule is O=C(Nc1ccc(Sc2nc3ccccc3s2)c(C(F)(F)F)c1)c1cc(Cl)cc(Cl)c1O. The first-order valence-electron chi connectivity index (χ1n) is 8.86. The van der Waals surface area contributed by atoms with E-state index in [0.717, 1.165) is 22.5 Å². The number of hydrogen-bond acceptors (Lipinski definition) is 5. The van der Waals surface area contributed by atoms with Gasteiger partial charge in [0.1, 0.15) is 5.75 Å². The van der Waals surface area contributed by atoms with E-state index < -0.39 is 23.4 Å². The third-order valence-corrected chi connectivity index (χ3v) is 6.97. The van der Waals surface area contributed by atoms with Crippen LogP contribution < -0.4 is 5.32 Å². The Morgan fingerprint density at radius 3 is 2.56 bits per heavy atom. The van der Waals surface area contributed by atoms with Crippen molar-refractivity contribution in [1.82, 2.24) is 4.98 Å². The number of para-hydroxylation sites is 1. The molecule has 1 aromatic heterocycles. The second-order valence-electron chi connectivity index (χ2n) is 6.50. The number of amides is 1. The maximum absolute atomic E-state index is 13.7. The second kappa shape index (κ2) is 8.82. The van der Waals surface area contributed by atoms with Crippen LogP contribution in [0.3, 0.4) is 0 Å². The molecule has 0 bridgehead atoms. The number of phenolic OH excluding ortho intramolecular Hbond substituents is 1. The predicted molar refractivity (Wildman–Crippen MR) is 121 cm³/mol. The molecule has 0 aliphatic carbocycles. The monoisotopic (exact) mass is 514 g/mol. The summed E-state index contributed by atoms with van der Waals surface area (Å²) in [5, 5.41) is 12.3. The molecule has 164 valence electrons. The zero-order chi connectivity index (χ0) is 23.0. The number of anilines is 1. The third kappa shape index (κ3) is 4.80. The van der Waals surface area contributed by atoms with Crippen LogP contribution in [0.25, 0.3) is 10.2 Å². The number of nitrogens with zero attached hydrogens (tertiary/aromatic N) is 1. The molecule has 4 aromatic rings. The number of carbonyl (C=O) groups is 1. The molecule has 2 N–H and O–H groups in total. The standard InChI is InChI=1S/C21H11Cl2F3N2O2S2/c22-10-7-12(18(29)14(23)8-10)19(30)27-11-5-6-16(13(9-11)21(24,25)26)31-20-28-15-3-1-2-4-17(15)32-20/h1-9,29H,(H,27,30). The summed E-state index contributed by atoms with van der Waals surface area (Å²) in [4.78, 5) is 16.8. The summed E-state index contributed by atoms with van der Waals surface area (Å²) in [5.41, 5.74) is -0.583. The van der Waals surface area contributed by atoms with Gasteiger partial charge < -0.3 is 10.4 Å². The van der Waals surface area contributed by atoms with Crippen molar-refractivity contribution in [3.8, 4) is 5.75 Å². The number of aromatic nitrogens is 1. The highest BCUT2D eigenvalue weighted by Crippen LogP contribution is 2.43. The van der Waals surface area contributed by atoms with Gasteiger partial charge in [-0.25, -0.2) is 4.98 Å². The molecule has 32 heavy (non-hydrogen) atoms. The number of hydrogen-bond donors (Lipinski definition) is 2. The maximum Gasteiger partial charge on any atom is 0.417 e. The Bertz CT molecular complexity index is 1310. The van der Waals surface area contributed by atoms with E-state index in [-0.39, 0.29) is 26.2 Å². The summed E-state index contributed by atoms with van der Waals surface area (Å²) < 4.78 is 42.6. The number of rotatable bonds is 4. The lowest BCUT2D eigenvalue weighted by molar-refractivity contribution is -0.139. The predicted octanol–water partition coefficient (Wildman–Crippen LogP) is 7.73. The van der Waals surface area contributed by atoms with Crippen molar-refractivity contribution >= 4 is 68.1 Å². The van der Waals surface area contributed by atoms with Crippen molar-refractivity contribution < 1.29 is 23.1 Å². The molecule has 0 saturated heterocycles. The van der Waals surface area contributed by atoms with Crippen LogP contribution in [-0.2, 0) is 6.18 Å². The van der Waals surface area contributed by atoms with Gasteiger partial charge in [0, 0.05) is 15.6 Å². The fourth-order valence-electron chi connectivity index (χ4n) is 2.84. The van der Waals surface area contributed by atoms with Gasteiger partial charge in [0.2, 0.25) is 0 Å². The third-order valence-electron chi connectivity index (χ3n) is 4.29. The molecular weight excluding hydrogens is 504 g/mol. The number of aromatic hydroxyl groups is 1. The lowest BCUT2D eigenvalue weighted by Gasteiger charge is -2.14. The first-order chi connectivity index (χ1) is 15.1. The molecular formula is C21H11Cl2F3N2O2S2. The lowest BCUT2D eigenvalue weighted by Crippen LogP contribution is -2.14. The van der Waals surface area contributed by atoms with Gasteiger partial charge in [-0.1, -0.05) is 47.1 Å². The number of nitrogens with one attached hydrogen (secondary N) is 1. The zero-order valence-corrected chi connectivity index (χ0v) is 18.8. The van der Waals surface area contributed by atoms with Crippen LogP contribution >= 0.6 is 46.3 Å². The highest BCUT2D eigenvalue weighted by Gasteiger charge is 2.34. The highest BCUT2D eigenvalue weighted by molar-refractivity contribution is 8.01. The largest absolute Gasteiger partial charge is 0.506 e. The number of thiazole rings is 1. The van der Waals surface area contributed by atoms with Crippen molar-refractivity contribution in [2.24, 2.45) is 0 Å². The van der Waals surface area contributed by atoms with Crippen molar-refractivity contribution in [2.75, 3.05) is 5.32 Å². The van der Waals surface area contributed by atoms with Crippen molar-refractivity contribution in [1.29, 1.82) is 0 Å². The van der Waals surface area contributed by atoms with Gasteiger partial charge in [-0.05, 0) is 42.5 Å². The number of alkyl halides is 3. The summed E-state index contributed by atoms with van der Waals surface area (Å²) in [6.07, 6.45) is -4.67. The molecule has 0 saturated carbocycles. The Morgan fingerprint density at radius 1 is 1.09 bits per heavy atom. The summed E-state index contributed by atoms with van der Waals surface area (Å²) in [6.45, 7) is 0. The Hall–Kier alpha value is -2.46. The van der Waals surface area contributed by atoms with Crippen molar-refractivity contribution in [3.63, 3.8) is 0 Å². The molecule has 0 spiro atoms. The van der Waals surface area contributed by atoms with Crippen molar-refractivity contribution in [3.05, 3.63) is 75.8 Å². The zero-order valence-electron chi connectivity index (χ0n) is 15.7. The van der Waals surface area contributed by atoms with E-state index in [1.165, 1.54) is 35.6 Å². The Balaban J connectivity index is 1.64. The van der Waals surface area contributed by atoms with Crippen LogP contribution in [0, 0.1) is 0 Å². The van der Waals surface area contributed by atoms with Crippen LogP contribution in [0.2, 0.25) is 10.0 Å². The van der Waals surface area contributed by atoms with Gasteiger partial charge >= 0.3 is 6.18 Å². The molecule has 4 rings (SSSR count). The quantitative estimate of drug-likeness (QED) is 0.292. The van der Waals surface area contributed by atoms with E-state index in [1.807, 2.05) is 12.1 Å². The summed E-state index contributed by atoms with van der Waals surface area (Å²) >= 11 is 13.8. The molecule has 11 heteroatoms. The molecule has 0 fully saturated rings. The number of benzene rings is 3. The molecule has 1 heterocycles. The summed E-state index contributed by atoms with van der Waals surface area (Å²) in [6, 6.07) is 13.1. The molecule has 4 nitrogen and oxygen atoms in total. The smallest absolute Gasteiger partial charge is 0.417 e. The highest BCUT2D eigenvalue weighted by atomic mass is 35.5. The molecule has 0 aliphatic heterocycles. The van der Waals surface area contributed by atoms with Crippen LogP contribution in [0.4, 0.5) is 18.9 Å². The molecule has 0 atom stereocenters. The van der Waals surface area contributed by atoms with Gasteiger partial charge in [0.25, 0.3) is 5.91 Å². The molecule has 0 unspecified atom stereocenters. The van der Waals surface area contributed by atoms with Gasteiger partial charge in [-0.3, -0.25) is 4.79 Å². The molecule has 0 aliphatic rings. The van der Waals surface area contributed by atoms with Crippen molar-refractivity contribution in [2.45, 2.75) is 15.4 Å². The summed E-state index contributed by atoms with van der Waals surface area (Å²) in [5.74, 6) is -1.38. The minimum Gasteiger partial charge on any atom is -0.506 e. The lowest BCUT2D eigenvalue weighted by atomic mass is 10.1. The van der Waals surface area contributed by atoms with Gasteiger partial charge in [0.15, 0.2) is 4.34 Å². The second-order valence-corrected chi connectivity index (χ2v) is 9.66. The van der Waals surface area contributed by atoms with E-state index in [1.54, 1.807) is 12.1 Å². The van der Waals surface area contributed by atoms with E-state index in [0.29, 0.717) is 9.86 Å². The van der Waals surface area contributed by atoms with Crippen LogP contribution in [0.15, 0.2) is 63.8 Å². The molecule has 1 amide bonds. The van der Waals surface area contributed by atoms with Crippen LogP contribution in [0.1, 0.15) is 15.9 Å². The normalized spacial score (nSPS) is 11.7. The number of halogens is 5. The topological polar surface area (TPSA) is 62.2 Å². The minimum atomic E-state index is -4.67. The first kappa shape index (κ1) is 22.7. The fourth-order valence-corrected chi connectivity index (χ4v) is 5.49. The number of carbonyl (C=O) groups excluding carboxylic acids is 1. The molecule has 3 aromatic carbocycles. The number of fused-ring (bicyclic) bond motifs is 1. The maximum atomic E-state index is 13.7. The summed E-state index contributed by atoms with van der Waals surface area (Å²) in [7, 11) is 0. The van der Waals surface area contributed by atoms with Gasteiger partial charge in [-0.2, -0.15) is 13.2 Å². The van der Waals surface area contributed by atoms with Crippen LogP contribution in [-0.4, -0.2) is 16.0 Å². The average Bonchev–Trinajstić information content (AvgIpc) is 3.13. The number of phenols is 1. The first-order valence-corrected chi connectivity index (χ1v) is 11.2. The van der Waals surface area contributed by atoms with E-state index >= 15 is 0 Å². The Morgan fingerprint density at radius 2 is 1.84 bits per heavy atom.